The van der Waals surface area contributed by atoms with Crippen LogP contribution in [0, 0.1) is 6.92 Å². The molecule has 0 bridgehead atoms. The molecule has 0 N–H and O–H groups in total. The Balaban J connectivity index is 2.26. The first-order chi connectivity index (χ1) is 6.36. The Hall–Kier alpha value is -0.780. The maximum absolute atomic E-state index is 2.50. The van der Waals surface area contributed by atoms with Crippen molar-refractivity contribution in [1.82, 2.24) is 0 Å². The Kier molecular flexibility index (Phi) is 1.52. The van der Waals surface area contributed by atoms with Crippen molar-refractivity contribution >= 4 is 0 Å². The lowest BCUT2D eigenvalue weighted by Crippen LogP contribution is -1.95. The van der Waals surface area contributed by atoms with E-state index in [2.05, 4.69) is 13.0 Å². The SMILES string of the molecule is Cc1c2c(cc3c1CCC3)CCC2. The molecule has 0 aromatic heterocycles. The van der Waals surface area contributed by atoms with E-state index in [9.17, 15) is 0 Å². The molecule has 13 heavy (non-hydrogen) atoms. The third-order valence-corrected chi connectivity index (χ3v) is 3.77. The topological polar surface area (TPSA) is 0 Å². The highest BCUT2D eigenvalue weighted by Crippen LogP contribution is 2.34. The lowest BCUT2D eigenvalue weighted by atomic mass is 9.95. The molecule has 0 saturated heterocycles. The molecule has 0 nitrogen and oxygen atoms in total. The summed E-state index contributed by atoms with van der Waals surface area (Å²) in [5.74, 6) is 0. The number of hydrogen-bond donors (Lipinski definition) is 0. The van der Waals surface area contributed by atoms with Crippen LogP contribution in [0.25, 0.3) is 0 Å². The normalized spacial score (nSPS) is 18.8. The van der Waals surface area contributed by atoms with E-state index in [1.165, 1.54) is 38.5 Å². The quantitative estimate of drug-likeness (QED) is 0.564. The van der Waals surface area contributed by atoms with Gasteiger partial charge in [0, 0.05) is 0 Å². The standard InChI is InChI=1S/C13H16/c1-9-12-6-2-4-10(12)8-11-5-3-7-13(9)11/h8H,2-7H2,1H3. The Bertz CT molecular complexity index is 329. The van der Waals surface area contributed by atoms with Gasteiger partial charge < -0.3 is 0 Å². The molecule has 0 heterocycles. The van der Waals surface area contributed by atoms with E-state index in [0.717, 1.165) is 0 Å². The summed E-state index contributed by atoms with van der Waals surface area (Å²) in [7, 11) is 0. The zero-order valence-corrected chi connectivity index (χ0v) is 8.32. The van der Waals surface area contributed by atoms with E-state index in [1.807, 2.05) is 0 Å². The van der Waals surface area contributed by atoms with Crippen molar-refractivity contribution in [3.05, 3.63) is 33.9 Å². The van der Waals surface area contributed by atoms with E-state index in [1.54, 1.807) is 27.8 Å². The summed E-state index contributed by atoms with van der Waals surface area (Å²) in [5, 5.41) is 0. The van der Waals surface area contributed by atoms with Crippen LogP contribution in [-0.2, 0) is 25.7 Å². The van der Waals surface area contributed by atoms with Crippen LogP contribution in [0.1, 0.15) is 40.7 Å². The van der Waals surface area contributed by atoms with Crippen LogP contribution in [0.15, 0.2) is 6.07 Å². The summed E-state index contributed by atoms with van der Waals surface area (Å²) >= 11 is 0. The lowest BCUT2D eigenvalue weighted by molar-refractivity contribution is 0.893. The maximum atomic E-state index is 2.50. The largest absolute Gasteiger partial charge is 0.0553 e. The van der Waals surface area contributed by atoms with Crippen LogP contribution in [0.5, 0.6) is 0 Å². The second kappa shape index (κ2) is 2.60. The van der Waals surface area contributed by atoms with Crippen molar-refractivity contribution in [3.63, 3.8) is 0 Å². The first-order valence-electron chi connectivity index (χ1n) is 5.49. The zero-order valence-electron chi connectivity index (χ0n) is 8.32. The van der Waals surface area contributed by atoms with Crippen LogP contribution in [0.3, 0.4) is 0 Å². The fourth-order valence-corrected chi connectivity index (χ4v) is 3.10. The molecule has 2 aliphatic carbocycles. The van der Waals surface area contributed by atoms with Gasteiger partial charge in [-0.25, -0.2) is 0 Å². The lowest BCUT2D eigenvalue weighted by Gasteiger charge is -2.10. The minimum Gasteiger partial charge on any atom is -0.0553 e. The summed E-state index contributed by atoms with van der Waals surface area (Å²) < 4.78 is 0. The molecule has 0 heteroatoms. The fourth-order valence-electron chi connectivity index (χ4n) is 3.10. The van der Waals surface area contributed by atoms with Crippen molar-refractivity contribution in [1.29, 1.82) is 0 Å². The molecule has 2 aliphatic rings. The van der Waals surface area contributed by atoms with Crippen LogP contribution in [0.4, 0.5) is 0 Å². The van der Waals surface area contributed by atoms with E-state index >= 15 is 0 Å². The molecule has 0 fully saturated rings. The molecule has 0 radical (unpaired) electrons. The third-order valence-electron chi connectivity index (χ3n) is 3.77. The molecule has 0 atom stereocenters. The van der Waals surface area contributed by atoms with Gasteiger partial charge in [-0.15, -0.1) is 0 Å². The summed E-state index contributed by atoms with van der Waals surface area (Å²) in [6, 6.07) is 2.50. The van der Waals surface area contributed by atoms with Crippen molar-refractivity contribution in [3.8, 4) is 0 Å². The predicted octanol–water partition coefficient (Wildman–Crippen LogP) is 2.97. The Morgan fingerprint density at radius 2 is 1.38 bits per heavy atom. The molecule has 3 rings (SSSR count). The van der Waals surface area contributed by atoms with Gasteiger partial charge in [-0.2, -0.15) is 0 Å². The summed E-state index contributed by atoms with van der Waals surface area (Å²) in [5.41, 5.74) is 8.36. The average Bonchev–Trinajstić information content (AvgIpc) is 2.71. The smallest absolute Gasteiger partial charge is 0.0270 e. The van der Waals surface area contributed by atoms with Gasteiger partial charge in [0.2, 0.25) is 0 Å². The van der Waals surface area contributed by atoms with Crippen molar-refractivity contribution < 1.29 is 0 Å². The molecule has 0 amide bonds. The molecule has 0 aliphatic heterocycles. The number of hydrogen-bond acceptors (Lipinski definition) is 0. The van der Waals surface area contributed by atoms with Gasteiger partial charge in [0.1, 0.15) is 0 Å². The summed E-state index contributed by atoms with van der Waals surface area (Å²) in [4.78, 5) is 0. The summed E-state index contributed by atoms with van der Waals surface area (Å²) in [6.45, 7) is 2.34. The number of fused-ring (bicyclic) bond motifs is 2. The molecule has 1 aromatic carbocycles. The van der Waals surface area contributed by atoms with Gasteiger partial charge in [0.05, 0.1) is 0 Å². The molecule has 0 spiro atoms. The number of rotatable bonds is 0. The van der Waals surface area contributed by atoms with Crippen molar-refractivity contribution in [2.75, 3.05) is 0 Å². The maximum Gasteiger partial charge on any atom is -0.0270 e. The van der Waals surface area contributed by atoms with E-state index < -0.39 is 0 Å². The van der Waals surface area contributed by atoms with Crippen LogP contribution in [0.2, 0.25) is 0 Å². The van der Waals surface area contributed by atoms with Crippen molar-refractivity contribution in [2.45, 2.75) is 45.4 Å². The minimum absolute atomic E-state index is 1.34. The average molecular weight is 172 g/mol. The fraction of sp³-hybridized carbons (Fsp3) is 0.538. The monoisotopic (exact) mass is 172 g/mol. The highest BCUT2D eigenvalue weighted by Gasteiger charge is 2.21. The molecular formula is C13H16. The van der Waals surface area contributed by atoms with Crippen LogP contribution in [-0.4, -0.2) is 0 Å². The molecule has 0 saturated carbocycles. The highest BCUT2D eigenvalue weighted by molar-refractivity contribution is 5.49. The van der Waals surface area contributed by atoms with E-state index in [0.29, 0.717) is 0 Å². The van der Waals surface area contributed by atoms with Crippen LogP contribution >= 0.6 is 0 Å². The third kappa shape index (κ3) is 0.979. The first-order valence-corrected chi connectivity index (χ1v) is 5.49. The highest BCUT2D eigenvalue weighted by atomic mass is 14.3. The van der Waals surface area contributed by atoms with Crippen LogP contribution < -0.4 is 0 Å². The van der Waals surface area contributed by atoms with E-state index in [-0.39, 0.29) is 0 Å². The van der Waals surface area contributed by atoms with Gasteiger partial charge in [-0.3, -0.25) is 0 Å². The van der Waals surface area contributed by atoms with Gasteiger partial charge in [0.15, 0.2) is 0 Å². The summed E-state index contributed by atoms with van der Waals surface area (Å²) in [6.07, 6.45) is 8.13. The number of benzene rings is 1. The molecule has 0 unspecified atom stereocenters. The van der Waals surface area contributed by atoms with E-state index in [4.69, 9.17) is 0 Å². The van der Waals surface area contributed by atoms with Gasteiger partial charge in [-0.05, 0) is 73.3 Å². The second-order valence-corrected chi connectivity index (χ2v) is 4.48. The Morgan fingerprint density at radius 3 is 1.92 bits per heavy atom. The van der Waals surface area contributed by atoms with Gasteiger partial charge in [0.25, 0.3) is 0 Å². The molecule has 1 aromatic rings. The first kappa shape index (κ1) is 7.61. The Labute approximate surface area is 80.0 Å². The van der Waals surface area contributed by atoms with Gasteiger partial charge in [-0.1, -0.05) is 6.07 Å². The van der Waals surface area contributed by atoms with Gasteiger partial charge >= 0.3 is 0 Å². The Morgan fingerprint density at radius 1 is 0.846 bits per heavy atom. The molecule has 68 valence electrons. The van der Waals surface area contributed by atoms with Crippen molar-refractivity contribution in [2.24, 2.45) is 0 Å². The molecular weight excluding hydrogens is 156 g/mol. The second-order valence-electron chi connectivity index (χ2n) is 4.48. The zero-order chi connectivity index (χ0) is 8.84. The minimum atomic E-state index is 1.34. The predicted molar refractivity (Wildman–Crippen MR) is 55.2 cm³/mol. The number of aryl methyl sites for hydroxylation is 2.